The fourth-order valence-corrected chi connectivity index (χ4v) is 4.09. The standard InChI is InChI=1S/C19H34N4O3/c1-3-6-14(2)23-13-15(11-18(23)25)19(26)22-10-5-4-7-16(22)12-21-17(24)8-9-20/h14-16H,3-13,20H2,1-2H3,(H,21,24). The Kier molecular flexibility index (Phi) is 7.87. The Hall–Kier alpha value is -1.63. The summed E-state index contributed by atoms with van der Waals surface area (Å²) < 4.78 is 0. The number of carbonyl (C=O) groups excluding carboxylic acids is 3. The molecule has 2 saturated heterocycles. The van der Waals surface area contributed by atoms with Crippen molar-refractivity contribution in [3.8, 4) is 0 Å². The second-order valence-electron chi connectivity index (χ2n) is 7.61. The number of carbonyl (C=O) groups is 3. The lowest BCUT2D eigenvalue weighted by molar-refractivity contribution is -0.139. The minimum absolute atomic E-state index is 0.0233. The Bertz CT molecular complexity index is 511. The Balaban J connectivity index is 1.95. The van der Waals surface area contributed by atoms with Gasteiger partial charge < -0.3 is 20.9 Å². The maximum atomic E-state index is 13.1. The molecule has 2 fully saturated rings. The van der Waals surface area contributed by atoms with Crippen LogP contribution >= 0.6 is 0 Å². The van der Waals surface area contributed by atoms with Crippen LogP contribution in [-0.2, 0) is 14.4 Å². The van der Waals surface area contributed by atoms with Crippen molar-refractivity contribution in [1.29, 1.82) is 0 Å². The molecule has 26 heavy (non-hydrogen) atoms. The molecule has 148 valence electrons. The molecule has 0 spiro atoms. The lowest BCUT2D eigenvalue weighted by Crippen LogP contribution is -2.51. The van der Waals surface area contributed by atoms with Crippen molar-refractivity contribution >= 4 is 17.7 Å². The van der Waals surface area contributed by atoms with E-state index in [0.717, 1.165) is 32.1 Å². The second-order valence-corrected chi connectivity index (χ2v) is 7.61. The third-order valence-electron chi connectivity index (χ3n) is 5.56. The first-order valence-electron chi connectivity index (χ1n) is 10.0. The Morgan fingerprint density at radius 3 is 2.81 bits per heavy atom. The van der Waals surface area contributed by atoms with E-state index in [1.807, 2.05) is 9.80 Å². The molecule has 3 amide bonds. The Morgan fingerprint density at radius 2 is 2.12 bits per heavy atom. The summed E-state index contributed by atoms with van der Waals surface area (Å²) in [4.78, 5) is 40.9. The molecule has 0 saturated carbocycles. The average molecular weight is 367 g/mol. The van der Waals surface area contributed by atoms with Crippen molar-refractivity contribution in [1.82, 2.24) is 15.1 Å². The number of amides is 3. The summed E-state index contributed by atoms with van der Waals surface area (Å²) in [5.41, 5.74) is 5.41. The first-order valence-corrected chi connectivity index (χ1v) is 10.0. The SMILES string of the molecule is CCCC(C)N1CC(C(=O)N2CCCCC2CNC(=O)CCN)CC1=O. The van der Waals surface area contributed by atoms with Gasteiger partial charge in [0.05, 0.1) is 5.92 Å². The number of nitrogens with two attached hydrogens (primary N) is 1. The molecule has 0 radical (unpaired) electrons. The predicted molar refractivity (Wildman–Crippen MR) is 100 cm³/mol. The van der Waals surface area contributed by atoms with Crippen LogP contribution < -0.4 is 11.1 Å². The van der Waals surface area contributed by atoms with Gasteiger partial charge in [0.2, 0.25) is 17.7 Å². The van der Waals surface area contributed by atoms with E-state index < -0.39 is 0 Å². The topological polar surface area (TPSA) is 95.7 Å². The molecule has 3 atom stereocenters. The number of hydrogen-bond acceptors (Lipinski definition) is 4. The highest BCUT2D eigenvalue weighted by Gasteiger charge is 2.40. The third kappa shape index (κ3) is 5.19. The molecule has 2 rings (SSSR count). The number of rotatable bonds is 8. The highest BCUT2D eigenvalue weighted by Crippen LogP contribution is 2.27. The third-order valence-corrected chi connectivity index (χ3v) is 5.56. The lowest BCUT2D eigenvalue weighted by atomic mass is 9.98. The molecular formula is C19H34N4O3. The molecule has 0 aromatic rings. The summed E-state index contributed by atoms with van der Waals surface area (Å²) in [5.74, 6) is -0.153. The maximum absolute atomic E-state index is 13.1. The molecule has 2 aliphatic rings. The van der Waals surface area contributed by atoms with E-state index in [-0.39, 0.29) is 35.7 Å². The zero-order chi connectivity index (χ0) is 19.1. The number of hydrogen-bond donors (Lipinski definition) is 2. The molecule has 0 bridgehead atoms. The highest BCUT2D eigenvalue weighted by atomic mass is 16.2. The largest absolute Gasteiger partial charge is 0.354 e. The highest BCUT2D eigenvalue weighted by molar-refractivity contribution is 5.89. The fourth-order valence-electron chi connectivity index (χ4n) is 4.09. The van der Waals surface area contributed by atoms with E-state index in [2.05, 4.69) is 19.2 Å². The van der Waals surface area contributed by atoms with Gasteiger partial charge in [-0.05, 0) is 32.6 Å². The quantitative estimate of drug-likeness (QED) is 0.666. The second kappa shape index (κ2) is 9.90. The van der Waals surface area contributed by atoms with Crippen LogP contribution in [0.1, 0.15) is 58.8 Å². The van der Waals surface area contributed by atoms with E-state index in [1.54, 1.807) is 0 Å². The van der Waals surface area contributed by atoms with Crippen LogP contribution in [0.25, 0.3) is 0 Å². The molecule has 0 aliphatic carbocycles. The van der Waals surface area contributed by atoms with E-state index in [9.17, 15) is 14.4 Å². The zero-order valence-electron chi connectivity index (χ0n) is 16.2. The van der Waals surface area contributed by atoms with Crippen LogP contribution in [0, 0.1) is 5.92 Å². The van der Waals surface area contributed by atoms with Crippen LogP contribution in [0.3, 0.4) is 0 Å². The monoisotopic (exact) mass is 366 g/mol. The number of piperidine rings is 1. The average Bonchev–Trinajstić information content (AvgIpc) is 3.02. The van der Waals surface area contributed by atoms with Gasteiger partial charge in [-0.1, -0.05) is 13.3 Å². The Labute approximate surface area is 156 Å². The van der Waals surface area contributed by atoms with Crippen LogP contribution in [0.2, 0.25) is 0 Å². The van der Waals surface area contributed by atoms with Gasteiger partial charge in [-0.2, -0.15) is 0 Å². The predicted octanol–water partition coefficient (Wildman–Crippen LogP) is 0.870. The van der Waals surface area contributed by atoms with E-state index in [1.165, 1.54) is 0 Å². The molecule has 7 heteroatoms. The molecular weight excluding hydrogens is 332 g/mol. The smallest absolute Gasteiger partial charge is 0.228 e. The molecule has 2 aliphatic heterocycles. The summed E-state index contributed by atoms with van der Waals surface area (Å²) in [7, 11) is 0. The van der Waals surface area contributed by atoms with Gasteiger partial charge in [-0.15, -0.1) is 0 Å². The minimum atomic E-state index is -0.248. The van der Waals surface area contributed by atoms with Gasteiger partial charge in [0.15, 0.2) is 0 Å². The van der Waals surface area contributed by atoms with Gasteiger partial charge in [-0.3, -0.25) is 14.4 Å². The van der Waals surface area contributed by atoms with Gasteiger partial charge >= 0.3 is 0 Å². The molecule has 0 aromatic heterocycles. The molecule has 2 heterocycles. The van der Waals surface area contributed by atoms with Crippen LogP contribution in [0.5, 0.6) is 0 Å². The summed E-state index contributed by atoms with van der Waals surface area (Å²) in [6, 6.07) is 0.216. The van der Waals surface area contributed by atoms with Crippen molar-refractivity contribution in [3.05, 3.63) is 0 Å². The van der Waals surface area contributed by atoms with Gasteiger partial charge in [0.1, 0.15) is 0 Å². The molecule has 3 unspecified atom stereocenters. The lowest BCUT2D eigenvalue weighted by Gasteiger charge is -2.37. The Morgan fingerprint density at radius 1 is 1.35 bits per heavy atom. The number of likely N-dealkylation sites (tertiary alicyclic amines) is 2. The van der Waals surface area contributed by atoms with E-state index >= 15 is 0 Å². The first-order chi connectivity index (χ1) is 12.5. The first kappa shape index (κ1) is 20.7. The molecule has 7 nitrogen and oxygen atoms in total. The summed E-state index contributed by atoms with van der Waals surface area (Å²) in [5, 5.41) is 2.89. The van der Waals surface area contributed by atoms with Crippen molar-refractivity contribution in [2.75, 3.05) is 26.2 Å². The summed E-state index contributed by atoms with van der Waals surface area (Å²) in [6.45, 7) is 6.21. The van der Waals surface area contributed by atoms with Crippen LogP contribution in [-0.4, -0.2) is 65.8 Å². The van der Waals surface area contributed by atoms with Crippen LogP contribution in [0.15, 0.2) is 0 Å². The summed E-state index contributed by atoms with van der Waals surface area (Å²) in [6.07, 6.45) is 5.55. The summed E-state index contributed by atoms with van der Waals surface area (Å²) >= 11 is 0. The van der Waals surface area contributed by atoms with Crippen molar-refractivity contribution in [2.24, 2.45) is 11.7 Å². The molecule has 3 N–H and O–H groups in total. The van der Waals surface area contributed by atoms with Gasteiger partial charge in [-0.25, -0.2) is 0 Å². The van der Waals surface area contributed by atoms with Crippen molar-refractivity contribution in [2.45, 2.75) is 70.9 Å². The zero-order valence-corrected chi connectivity index (χ0v) is 16.2. The minimum Gasteiger partial charge on any atom is -0.354 e. The van der Waals surface area contributed by atoms with E-state index in [0.29, 0.717) is 39.0 Å². The van der Waals surface area contributed by atoms with Gasteiger partial charge in [0.25, 0.3) is 0 Å². The maximum Gasteiger partial charge on any atom is 0.228 e. The van der Waals surface area contributed by atoms with Crippen molar-refractivity contribution < 1.29 is 14.4 Å². The number of nitrogens with zero attached hydrogens (tertiary/aromatic N) is 2. The normalized spacial score (nSPS) is 24.7. The van der Waals surface area contributed by atoms with Gasteiger partial charge in [0, 0.05) is 51.1 Å². The number of nitrogens with one attached hydrogen (secondary N) is 1. The van der Waals surface area contributed by atoms with E-state index in [4.69, 9.17) is 5.73 Å². The molecule has 0 aromatic carbocycles. The fraction of sp³-hybridized carbons (Fsp3) is 0.842. The van der Waals surface area contributed by atoms with Crippen molar-refractivity contribution in [3.63, 3.8) is 0 Å². The van der Waals surface area contributed by atoms with Crippen LogP contribution in [0.4, 0.5) is 0 Å².